The van der Waals surface area contributed by atoms with E-state index in [1.54, 1.807) is 6.33 Å². The lowest BCUT2D eigenvalue weighted by molar-refractivity contribution is 0.0743. The van der Waals surface area contributed by atoms with Crippen molar-refractivity contribution in [3.8, 4) is 11.1 Å². The highest BCUT2D eigenvalue weighted by Gasteiger charge is 2.16. The van der Waals surface area contributed by atoms with Crippen LogP contribution >= 0.6 is 0 Å². The largest absolute Gasteiger partial charge is 0.340 e. The van der Waals surface area contributed by atoms with Crippen LogP contribution in [-0.4, -0.2) is 27.3 Å². The number of para-hydroxylation sites is 1. The summed E-state index contributed by atoms with van der Waals surface area (Å²) in [5.74, 6) is 0.832. The third kappa shape index (κ3) is 5.67. The molecule has 0 aliphatic heterocycles. The summed E-state index contributed by atoms with van der Waals surface area (Å²) in [5, 5.41) is 4.37. The second-order valence-electron chi connectivity index (χ2n) is 9.24. The summed E-state index contributed by atoms with van der Waals surface area (Å²) in [6, 6.07) is 32.5. The Morgan fingerprint density at radius 3 is 2.41 bits per heavy atom. The van der Waals surface area contributed by atoms with Gasteiger partial charge in [0.25, 0.3) is 5.91 Å². The molecular formula is C32H30N4O. The Morgan fingerprint density at radius 2 is 1.62 bits per heavy atom. The molecule has 0 unspecified atom stereocenters. The van der Waals surface area contributed by atoms with Crippen LogP contribution in [0.3, 0.4) is 0 Å². The van der Waals surface area contributed by atoms with Crippen LogP contribution in [0.4, 0.5) is 11.5 Å². The molecule has 0 spiro atoms. The van der Waals surface area contributed by atoms with Crippen LogP contribution < -0.4 is 5.32 Å². The lowest BCUT2D eigenvalue weighted by atomic mass is 10.0. The van der Waals surface area contributed by atoms with Crippen molar-refractivity contribution < 1.29 is 4.79 Å². The molecular weight excluding hydrogens is 456 g/mol. The lowest BCUT2D eigenvalue weighted by Gasteiger charge is -2.23. The first-order valence-corrected chi connectivity index (χ1v) is 12.6. The van der Waals surface area contributed by atoms with E-state index in [9.17, 15) is 4.79 Å². The molecule has 0 aliphatic carbocycles. The van der Waals surface area contributed by atoms with Crippen LogP contribution in [0, 0.1) is 6.92 Å². The van der Waals surface area contributed by atoms with Gasteiger partial charge in [-0.2, -0.15) is 0 Å². The van der Waals surface area contributed by atoms with Crippen LogP contribution in [0.2, 0.25) is 0 Å². The minimum Gasteiger partial charge on any atom is -0.340 e. The number of aryl methyl sites for hydroxylation is 1. The predicted octanol–water partition coefficient (Wildman–Crippen LogP) is 7.40. The van der Waals surface area contributed by atoms with Crippen molar-refractivity contribution in [3.05, 3.63) is 120 Å². The Balaban J connectivity index is 1.43. The molecule has 4 aromatic carbocycles. The molecule has 1 aromatic heterocycles. The average molecular weight is 487 g/mol. The fourth-order valence-corrected chi connectivity index (χ4v) is 4.46. The Morgan fingerprint density at radius 1 is 0.838 bits per heavy atom. The van der Waals surface area contributed by atoms with Crippen LogP contribution in [0.15, 0.2) is 103 Å². The molecule has 0 bridgehead atoms. The van der Waals surface area contributed by atoms with Gasteiger partial charge in [-0.05, 0) is 72.5 Å². The van der Waals surface area contributed by atoms with Gasteiger partial charge in [-0.25, -0.2) is 9.97 Å². The van der Waals surface area contributed by atoms with Crippen molar-refractivity contribution >= 4 is 28.3 Å². The molecule has 5 heteroatoms. The Hall–Kier alpha value is -4.51. The number of aromatic nitrogens is 2. The summed E-state index contributed by atoms with van der Waals surface area (Å²) < 4.78 is 0. The van der Waals surface area contributed by atoms with E-state index in [1.807, 2.05) is 72.5 Å². The van der Waals surface area contributed by atoms with Crippen LogP contribution in [0.25, 0.3) is 22.0 Å². The minimum atomic E-state index is 0.0618. The maximum atomic E-state index is 13.2. The van der Waals surface area contributed by atoms with E-state index in [1.165, 1.54) is 0 Å². The molecule has 0 atom stereocenters. The zero-order chi connectivity index (χ0) is 25.6. The fraction of sp³-hybridized carbons (Fsp3) is 0.156. The highest BCUT2D eigenvalue weighted by atomic mass is 16.2. The highest BCUT2D eigenvalue weighted by Crippen LogP contribution is 2.29. The summed E-state index contributed by atoms with van der Waals surface area (Å²) in [6.07, 6.45) is 2.49. The first kappa shape index (κ1) is 24.2. The number of hydrogen-bond donors (Lipinski definition) is 1. The van der Waals surface area contributed by atoms with E-state index in [-0.39, 0.29) is 5.91 Å². The molecule has 0 radical (unpaired) electrons. The van der Waals surface area contributed by atoms with Crippen molar-refractivity contribution in [2.75, 3.05) is 11.9 Å². The molecule has 37 heavy (non-hydrogen) atoms. The van der Waals surface area contributed by atoms with Gasteiger partial charge in [0.05, 0.1) is 5.52 Å². The van der Waals surface area contributed by atoms with Crippen molar-refractivity contribution in [1.82, 2.24) is 14.9 Å². The van der Waals surface area contributed by atoms with E-state index >= 15 is 0 Å². The van der Waals surface area contributed by atoms with E-state index in [0.717, 1.165) is 56.6 Å². The zero-order valence-corrected chi connectivity index (χ0v) is 21.2. The van der Waals surface area contributed by atoms with Crippen LogP contribution in [0.1, 0.15) is 34.8 Å². The van der Waals surface area contributed by atoms with Gasteiger partial charge < -0.3 is 10.2 Å². The Bertz CT molecular complexity index is 1510. The van der Waals surface area contributed by atoms with E-state index in [4.69, 9.17) is 0 Å². The van der Waals surface area contributed by atoms with Gasteiger partial charge in [0.1, 0.15) is 12.1 Å². The number of benzene rings is 4. The number of nitrogens with one attached hydrogen (secondary N) is 1. The van der Waals surface area contributed by atoms with E-state index < -0.39 is 0 Å². The Kier molecular flexibility index (Phi) is 7.22. The summed E-state index contributed by atoms with van der Waals surface area (Å²) in [6.45, 7) is 5.40. The van der Waals surface area contributed by atoms with E-state index in [2.05, 4.69) is 58.6 Å². The number of amides is 1. The molecule has 0 saturated heterocycles. The summed E-state index contributed by atoms with van der Waals surface area (Å²) in [7, 11) is 0. The number of anilines is 2. The minimum absolute atomic E-state index is 0.0618. The molecule has 0 fully saturated rings. The monoisotopic (exact) mass is 486 g/mol. The number of carbonyl (C=O) groups excluding carboxylic acids is 1. The number of fused-ring (bicyclic) bond motifs is 1. The number of nitrogens with zero attached hydrogens (tertiary/aromatic N) is 3. The standard InChI is InChI=1S/C32H30N4O/c1-3-18-36(32(37)25-14-12-23(2)13-15-25)21-24-8-7-9-26(19-24)27-16-17-30-29(20-27)31(34-22-33-30)35-28-10-5-4-6-11-28/h4-17,19-20,22H,3,18,21H2,1-2H3,(H,33,34,35). The molecule has 1 amide bonds. The number of rotatable bonds is 8. The first-order chi connectivity index (χ1) is 18.1. The first-order valence-electron chi connectivity index (χ1n) is 12.6. The molecule has 1 N–H and O–H groups in total. The third-order valence-corrected chi connectivity index (χ3v) is 6.38. The summed E-state index contributed by atoms with van der Waals surface area (Å²) in [4.78, 5) is 24.1. The average Bonchev–Trinajstić information content (AvgIpc) is 2.93. The molecule has 5 aromatic rings. The van der Waals surface area contributed by atoms with Gasteiger partial charge in [-0.15, -0.1) is 0 Å². The van der Waals surface area contributed by atoms with Crippen LogP contribution in [-0.2, 0) is 6.54 Å². The highest BCUT2D eigenvalue weighted by molar-refractivity contribution is 5.95. The molecule has 5 rings (SSSR count). The van der Waals surface area contributed by atoms with E-state index in [0.29, 0.717) is 13.1 Å². The maximum absolute atomic E-state index is 13.2. The van der Waals surface area contributed by atoms with Gasteiger partial charge in [-0.1, -0.05) is 67.1 Å². The molecule has 184 valence electrons. The zero-order valence-electron chi connectivity index (χ0n) is 21.2. The molecule has 5 nitrogen and oxygen atoms in total. The molecule has 1 heterocycles. The number of carbonyl (C=O) groups is 1. The Labute approximate surface area is 217 Å². The normalized spacial score (nSPS) is 10.9. The quantitative estimate of drug-likeness (QED) is 0.248. The summed E-state index contributed by atoms with van der Waals surface area (Å²) >= 11 is 0. The van der Waals surface area contributed by atoms with Crippen molar-refractivity contribution in [2.24, 2.45) is 0 Å². The SMILES string of the molecule is CCCN(Cc1cccc(-c2ccc3ncnc(Nc4ccccc4)c3c2)c1)C(=O)c1ccc(C)cc1. The molecule has 0 saturated carbocycles. The van der Waals surface area contributed by atoms with Crippen molar-refractivity contribution in [2.45, 2.75) is 26.8 Å². The topological polar surface area (TPSA) is 58.1 Å². The number of hydrogen-bond acceptors (Lipinski definition) is 4. The lowest BCUT2D eigenvalue weighted by Crippen LogP contribution is -2.31. The predicted molar refractivity (Wildman–Crippen MR) is 151 cm³/mol. The van der Waals surface area contributed by atoms with Crippen molar-refractivity contribution in [1.29, 1.82) is 0 Å². The third-order valence-electron chi connectivity index (χ3n) is 6.38. The van der Waals surface area contributed by atoms with Gasteiger partial charge in [0, 0.05) is 29.7 Å². The van der Waals surface area contributed by atoms with Gasteiger partial charge in [0.2, 0.25) is 0 Å². The maximum Gasteiger partial charge on any atom is 0.254 e. The second kappa shape index (κ2) is 11.0. The smallest absolute Gasteiger partial charge is 0.254 e. The second-order valence-corrected chi connectivity index (χ2v) is 9.24. The van der Waals surface area contributed by atoms with Crippen molar-refractivity contribution in [3.63, 3.8) is 0 Å². The van der Waals surface area contributed by atoms with Gasteiger partial charge >= 0.3 is 0 Å². The summed E-state index contributed by atoms with van der Waals surface area (Å²) in [5.41, 5.74) is 6.99. The van der Waals surface area contributed by atoms with Crippen LogP contribution in [0.5, 0.6) is 0 Å². The van der Waals surface area contributed by atoms with Gasteiger partial charge in [-0.3, -0.25) is 4.79 Å². The molecule has 0 aliphatic rings. The fourth-order valence-electron chi connectivity index (χ4n) is 4.46. The van der Waals surface area contributed by atoms with Gasteiger partial charge in [0.15, 0.2) is 0 Å².